The van der Waals surface area contributed by atoms with Crippen LogP contribution < -0.4 is 9.47 Å². The van der Waals surface area contributed by atoms with Crippen LogP contribution in [0.15, 0.2) is 83.8 Å². The first kappa shape index (κ1) is 26.2. The molecule has 2 amide bonds. The van der Waals surface area contributed by atoms with E-state index in [0.29, 0.717) is 50.8 Å². The molecule has 1 aliphatic heterocycles. The van der Waals surface area contributed by atoms with E-state index in [4.69, 9.17) is 32.7 Å². The molecule has 0 unspecified atom stereocenters. The molecule has 5 rings (SSSR count). The van der Waals surface area contributed by atoms with Crippen molar-refractivity contribution in [1.82, 2.24) is 4.90 Å². The number of carbonyl (C=O) groups is 2. The van der Waals surface area contributed by atoms with Gasteiger partial charge < -0.3 is 9.47 Å². The largest absolute Gasteiger partial charge is 0.490 e. The lowest BCUT2D eigenvalue weighted by atomic mass is 10.1. The number of benzene rings is 4. The van der Waals surface area contributed by atoms with Gasteiger partial charge in [-0.3, -0.25) is 14.5 Å². The molecule has 0 atom stereocenters. The summed E-state index contributed by atoms with van der Waals surface area (Å²) in [5.41, 5.74) is 2.32. The lowest BCUT2D eigenvalue weighted by molar-refractivity contribution is -0.123. The zero-order valence-electron chi connectivity index (χ0n) is 20.4. The van der Waals surface area contributed by atoms with Crippen molar-refractivity contribution in [3.63, 3.8) is 0 Å². The van der Waals surface area contributed by atoms with E-state index < -0.39 is 5.91 Å². The van der Waals surface area contributed by atoms with Crippen molar-refractivity contribution in [2.45, 2.75) is 20.1 Å². The second kappa shape index (κ2) is 11.5. The van der Waals surface area contributed by atoms with Crippen LogP contribution in [0.25, 0.3) is 16.8 Å². The Morgan fingerprint density at radius 3 is 2.39 bits per heavy atom. The summed E-state index contributed by atoms with van der Waals surface area (Å²) in [4.78, 5) is 27.2. The van der Waals surface area contributed by atoms with Gasteiger partial charge in [0.25, 0.3) is 11.1 Å². The standard InChI is InChI=1S/C30H23Cl2NO4S/c1-2-36-27-15-19(13-14-26(27)37-18-21-9-5-8-20-7-3-4-10-22(20)21)16-28-29(34)33(30(35)38-28)17-23-24(31)11-6-12-25(23)32/h3-16H,2,17-18H2,1H3/b28-16+. The first-order valence-electron chi connectivity index (χ1n) is 12.0. The number of hydrogen-bond donors (Lipinski definition) is 0. The van der Waals surface area contributed by atoms with Crippen LogP contribution in [-0.2, 0) is 17.9 Å². The molecule has 1 saturated heterocycles. The highest BCUT2D eigenvalue weighted by molar-refractivity contribution is 8.18. The lowest BCUT2D eigenvalue weighted by Gasteiger charge is -2.15. The second-order valence-corrected chi connectivity index (χ2v) is 10.3. The minimum absolute atomic E-state index is 0.00561. The van der Waals surface area contributed by atoms with Crippen molar-refractivity contribution in [2.75, 3.05) is 6.61 Å². The number of ether oxygens (including phenoxy) is 2. The Balaban J connectivity index is 1.35. The smallest absolute Gasteiger partial charge is 0.293 e. The van der Waals surface area contributed by atoms with Crippen molar-refractivity contribution in [2.24, 2.45) is 0 Å². The summed E-state index contributed by atoms with van der Waals surface area (Å²) in [5.74, 6) is 0.757. The maximum atomic E-state index is 13.1. The van der Waals surface area contributed by atoms with Crippen LogP contribution >= 0.6 is 35.0 Å². The predicted octanol–water partition coefficient (Wildman–Crippen LogP) is 8.36. The molecule has 4 aromatic carbocycles. The van der Waals surface area contributed by atoms with Gasteiger partial charge in [-0.2, -0.15) is 0 Å². The number of imide groups is 1. The van der Waals surface area contributed by atoms with Gasteiger partial charge in [-0.1, -0.05) is 77.8 Å². The number of halogens is 2. The van der Waals surface area contributed by atoms with Crippen LogP contribution in [0.5, 0.6) is 11.5 Å². The molecule has 38 heavy (non-hydrogen) atoms. The molecule has 0 radical (unpaired) electrons. The fraction of sp³-hybridized carbons (Fsp3) is 0.133. The van der Waals surface area contributed by atoms with Crippen LogP contribution in [0.2, 0.25) is 10.0 Å². The summed E-state index contributed by atoms with van der Waals surface area (Å²) in [6, 6.07) is 24.8. The van der Waals surface area contributed by atoms with E-state index in [1.54, 1.807) is 30.3 Å². The first-order chi connectivity index (χ1) is 18.4. The molecule has 0 spiro atoms. The van der Waals surface area contributed by atoms with Crippen molar-refractivity contribution in [3.8, 4) is 11.5 Å². The quantitative estimate of drug-likeness (QED) is 0.201. The second-order valence-electron chi connectivity index (χ2n) is 8.53. The topological polar surface area (TPSA) is 55.8 Å². The molecule has 5 nitrogen and oxygen atoms in total. The van der Waals surface area contributed by atoms with Crippen molar-refractivity contribution >= 4 is 63.0 Å². The number of fused-ring (bicyclic) bond motifs is 1. The van der Waals surface area contributed by atoms with Gasteiger partial charge in [0.1, 0.15) is 6.61 Å². The number of thioether (sulfide) groups is 1. The van der Waals surface area contributed by atoms with Gasteiger partial charge in [-0.25, -0.2) is 0 Å². The van der Waals surface area contributed by atoms with Gasteiger partial charge >= 0.3 is 0 Å². The summed E-state index contributed by atoms with van der Waals surface area (Å²) >= 11 is 13.4. The molecular formula is C30H23Cl2NO4S. The monoisotopic (exact) mass is 563 g/mol. The molecule has 0 aliphatic carbocycles. The van der Waals surface area contributed by atoms with E-state index in [1.165, 1.54) is 0 Å². The Kier molecular flexibility index (Phi) is 7.93. The molecule has 1 fully saturated rings. The third kappa shape index (κ3) is 5.53. The van der Waals surface area contributed by atoms with Crippen LogP contribution in [0.1, 0.15) is 23.6 Å². The van der Waals surface area contributed by atoms with Crippen molar-refractivity contribution < 1.29 is 19.1 Å². The van der Waals surface area contributed by atoms with Gasteiger partial charge in [-0.15, -0.1) is 0 Å². The Hall–Kier alpha value is -3.45. The van der Waals surface area contributed by atoms with E-state index in [2.05, 4.69) is 18.2 Å². The van der Waals surface area contributed by atoms with Gasteiger partial charge in [0, 0.05) is 15.6 Å². The fourth-order valence-electron chi connectivity index (χ4n) is 4.21. The Labute approximate surface area is 234 Å². The maximum Gasteiger partial charge on any atom is 0.293 e. The van der Waals surface area contributed by atoms with Crippen molar-refractivity contribution in [3.05, 3.63) is 111 Å². The van der Waals surface area contributed by atoms with Crippen LogP contribution in [0.4, 0.5) is 4.79 Å². The maximum absolute atomic E-state index is 13.1. The van der Waals surface area contributed by atoms with Gasteiger partial charge in [-0.05, 0) is 70.9 Å². The number of amides is 2. The summed E-state index contributed by atoms with van der Waals surface area (Å²) < 4.78 is 12.0. The van der Waals surface area contributed by atoms with Crippen molar-refractivity contribution in [1.29, 1.82) is 0 Å². The number of nitrogens with zero attached hydrogens (tertiary/aromatic N) is 1. The third-order valence-corrected chi connectivity index (χ3v) is 7.70. The van der Waals surface area contributed by atoms with E-state index in [-0.39, 0.29) is 11.8 Å². The van der Waals surface area contributed by atoms with Crippen LogP contribution in [0.3, 0.4) is 0 Å². The van der Waals surface area contributed by atoms with Gasteiger partial charge in [0.15, 0.2) is 11.5 Å². The predicted molar refractivity (Wildman–Crippen MR) is 154 cm³/mol. The van der Waals surface area contributed by atoms with Gasteiger partial charge in [0.2, 0.25) is 0 Å². The third-order valence-electron chi connectivity index (χ3n) is 6.08. The normalized spacial score (nSPS) is 14.5. The minimum atomic E-state index is -0.398. The summed E-state index contributed by atoms with van der Waals surface area (Å²) in [7, 11) is 0. The molecule has 8 heteroatoms. The highest BCUT2D eigenvalue weighted by Crippen LogP contribution is 2.37. The number of carbonyl (C=O) groups excluding carboxylic acids is 2. The molecule has 0 saturated carbocycles. The Morgan fingerprint density at radius 2 is 1.61 bits per heavy atom. The molecule has 0 N–H and O–H groups in total. The average Bonchev–Trinajstić information content (AvgIpc) is 3.17. The van der Waals surface area contributed by atoms with E-state index >= 15 is 0 Å². The average molecular weight is 564 g/mol. The first-order valence-corrected chi connectivity index (χ1v) is 13.6. The van der Waals surface area contributed by atoms with Crippen LogP contribution in [-0.4, -0.2) is 22.7 Å². The van der Waals surface area contributed by atoms with E-state index in [0.717, 1.165) is 33.0 Å². The fourth-order valence-corrected chi connectivity index (χ4v) is 5.56. The van der Waals surface area contributed by atoms with E-state index in [9.17, 15) is 9.59 Å². The SMILES string of the molecule is CCOc1cc(/C=C2/SC(=O)N(Cc3c(Cl)cccc3Cl)C2=O)ccc1OCc1cccc2ccccc12. The molecule has 1 aliphatic rings. The van der Waals surface area contributed by atoms with Gasteiger partial charge in [0.05, 0.1) is 18.1 Å². The van der Waals surface area contributed by atoms with E-state index in [1.807, 2.05) is 43.3 Å². The number of rotatable bonds is 8. The summed E-state index contributed by atoms with van der Waals surface area (Å²) in [6.45, 7) is 2.73. The zero-order chi connectivity index (χ0) is 26.6. The summed E-state index contributed by atoms with van der Waals surface area (Å²) in [6.07, 6.45) is 1.68. The molecule has 192 valence electrons. The molecule has 0 bridgehead atoms. The molecule has 0 aromatic heterocycles. The molecule has 4 aromatic rings. The Morgan fingerprint density at radius 1 is 0.868 bits per heavy atom. The zero-order valence-corrected chi connectivity index (χ0v) is 22.8. The lowest BCUT2D eigenvalue weighted by Crippen LogP contribution is -2.27. The highest BCUT2D eigenvalue weighted by Gasteiger charge is 2.35. The minimum Gasteiger partial charge on any atom is -0.490 e. The molecular weight excluding hydrogens is 541 g/mol. The van der Waals surface area contributed by atoms with Crippen LogP contribution in [0, 0.1) is 0 Å². The number of hydrogen-bond acceptors (Lipinski definition) is 5. The highest BCUT2D eigenvalue weighted by atomic mass is 35.5. The Bertz CT molecular complexity index is 1540. The summed E-state index contributed by atoms with van der Waals surface area (Å²) in [5, 5.41) is 2.72. The molecule has 1 heterocycles.